The number of thioether (sulfide) groups is 1. The average molecular weight is 394 g/mol. The van der Waals surface area contributed by atoms with Crippen molar-refractivity contribution < 1.29 is 14.3 Å². The summed E-state index contributed by atoms with van der Waals surface area (Å²) in [6.07, 6.45) is 4.70. The quantitative estimate of drug-likeness (QED) is 0.441. The Balaban J connectivity index is 1.54. The predicted molar refractivity (Wildman–Crippen MR) is 104 cm³/mol. The van der Waals surface area contributed by atoms with Gasteiger partial charge in [0.15, 0.2) is 6.61 Å². The third kappa shape index (κ3) is 4.17. The Morgan fingerprint density at radius 3 is 2.92 bits per heavy atom. The van der Waals surface area contributed by atoms with E-state index in [1.54, 1.807) is 11.3 Å². The number of aromatic nitrogens is 2. The number of carbonyl (C=O) groups is 2. The van der Waals surface area contributed by atoms with E-state index in [-0.39, 0.29) is 24.3 Å². The van der Waals surface area contributed by atoms with Gasteiger partial charge in [-0.1, -0.05) is 11.8 Å². The highest BCUT2D eigenvalue weighted by atomic mass is 32.2. The van der Waals surface area contributed by atoms with Gasteiger partial charge in [-0.2, -0.15) is 0 Å². The Morgan fingerprint density at radius 1 is 1.35 bits per heavy atom. The van der Waals surface area contributed by atoms with Crippen LogP contribution in [0.15, 0.2) is 11.4 Å². The summed E-state index contributed by atoms with van der Waals surface area (Å²) in [5, 5.41) is 1.79. The van der Waals surface area contributed by atoms with Crippen LogP contribution >= 0.6 is 23.1 Å². The van der Waals surface area contributed by atoms with Crippen molar-refractivity contribution in [1.29, 1.82) is 0 Å². The lowest BCUT2D eigenvalue weighted by Gasteiger charge is -2.33. The van der Waals surface area contributed by atoms with Gasteiger partial charge in [0, 0.05) is 22.8 Å². The number of nitrogens with zero attached hydrogens (tertiary/aromatic N) is 3. The summed E-state index contributed by atoms with van der Waals surface area (Å²) in [5.74, 6) is -0.378. The average Bonchev–Trinajstić information content (AvgIpc) is 2.93. The predicted octanol–water partition coefficient (Wildman–Crippen LogP) is 3.34. The molecule has 1 aliphatic heterocycles. The highest BCUT2D eigenvalue weighted by molar-refractivity contribution is 8.00. The Morgan fingerprint density at radius 2 is 2.15 bits per heavy atom. The third-order valence-corrected chi connectivity index (χ3v) is 6.82. The van der Waals surface area contributed by atoms with Crippen molar-refractivity contribution in [2.45, 2.75) is 51.1 Å². The first-order valence-corrected chi connectivity index (χ1v) is 10.6. The molecular formula is C18H23N3O3S2. The van der Waals surface area contributed by atoms with Gasteiger partial charge in [-0.25, -0.2) is 9.97 Å². The minimum absolute atomic E-state index is 0.107. The highest BCUT2D eigenvalue weighted by Crippen LogP contribution is 2.34. The van der Waals surface area contributed by atoms with Crippen molar-refractivity contribution in [3.63, 3.8) is 0 Å². The largest absolute Gasteiger partial charge is 0.455 e. The van der Waals surface area contributed by atoms with Gasteiger partial charge < -0.3 is 9.64 Å². The van der Waals surface area contributed by atoms with Gasteiger partial charge in [-0.05, 0) is 45.6 Å². The van der Waals surface area contributed by atoms with Crippen LogP contribution in [0.5, 0.6) is 0 Å². The van der Waals surface area contributed by atoms with Crippen LogP contribution in [-0.2, 0) is 14.3 Å². The molecule has 1 saturated heterocycles. The fraction of sp³-hybridized carbons (Fsp3) is 0.556. The number of hydrogen-bond donors (Lipinski definition) is 0. The molecule has 1 fully saturated rings. The van der Waals surface area contributed by atoms with Crippen LogP contribution in [0.1, 0.15) is 36.6 Å². The number of piperidine rings is 1. The Kier molecular flexibility index (Phi) is 6.13. The van der Waals surface area contributed by atoms with Crippen molar-refractivity contribution in [3.8, 4) is 0 Å². The van der Waals surface area contributed by atoms with E-state index in [4.69, 9.17) is 4.74 Å². The number of amides is 1. The van der Waals surface area contributed by atoms with Gasteiger partial charge >= 0.3 is 5.97 Å². The van der Waals surface area contributed by atoms with Crippen LogP contribution in [0, 0.1) is 13.8 Å². The van der Waals surface area contributed by atoms with Crippen molar-refractivity contribution in [3.05, 3.63) is 16.8 Å². The van der Waals surface area contributed by atoms with Gasteiger partial charge in [-0.15, -0.1) is 11.3 Å². The molecule has 140 valence electrons. The minimum Gasteiger partial charge on any atom is -0.455 e. The zero-order valence-electron chi connectivity index (χ0n) is 15.3. The summed E-state index contributed by atoms with van der Waals surface area (Å²) in [7, 11) is 0. The molecule has 6 nitrogen and oxygen atoms in total. The molecule has 26 heavy (non-hydrogen) atoms. The first kappa shape index (κ1) is 19.1. The molecule has 0 bridgehead atoms. The second-order valence-corrected chi connectivity index (χ2v) is 8.69. The Bertz CT molecular complexity index is 821. The monoisotopic (exact) mass is 393 g/mol. The van der Waals surface area contributed by atoms with Gasteiger partial charge in [0.1, 0.15) is 16.2 Å². The molecule has 1 atom stereocenters. The van der Waals surface area contributed by atoms with Gasteiger partial charge in [0.25, 0.3) is 5.91 Å². The van der Waals surface area contributed by atoms with E-state index in [1.165, 1.54) is 23.0 Å². The molecule has 0 saturated carbocycles. The maximum Gasteiger partial charge on any atom is 0.316 e. The lowest BCUT2D eigenvalue weighted by Crippen LogP contribution is -2.44. The molecule has 0 unspecified atom stereocenters. The lowest BCUT2D eigenvalue weighted by molar-refractivity contribution is -0.151. The molecule has 2 aromatic rings. The fourth-order valence-electron chi connectivity index (χ4n) is 3.12. The zero-order chi connectivity index (χ0) is 18.7. The van der Waals surface area contributed by atoms with Crippen molar-refractivity contribution in [1.82, 2.24) is 14.9 Å². The summed E-state index contributed by atoms with van der Waals surface area (Å²) >= 11 is 2.96. The summed E-state index contributed by atoms with van der Waals surface area (Å²) < 4.78 is 5.18. The minimum atomic E-state index is -0.399. The molecule has 0 aromatic carbocycles. The van der Waals surface area contributed by atoms with Gasteiger partial charge in [-0.3, -0.25) is 9.59 Å². The van der Waals surface area contributed by atoms with Crippen LogP contribution in [0.4, 0.5) is 0 Å². The smallest absolute Gasteiger partial charge is 0.316 e. The SMILES string of the molecule is Cc1sc2ncnc(SCC(=O)OCC(=O)N3CCCC[C@H]3C)c2c1C. The van der Waals surface area contributed by atoms with Crippen LogP contribution in [-0.4, -0.2) is 51.7 Å². The second kappa shape index (κ2) is 8.35. The van der Waals surface area contributed by atoms with Crippen molar-refractivity contribution in [2.75, 3.05) is 18.9 Å². The maximum absolute atomic E-state index is 12.2. The van der Waals surface area contributed by atoms with E-state index in [9.17, 15) is 9.59 Å². The topological polar surface area (TPSA) is 72.4 Å². The summed E-state index contributed by atoms with van der Waals surface area (Å²) in [6, 6.07) is 0.225. The molecule has 0 N–H and O–H groups in total. The lowest BCUT2D eigenvalue weighted by atomic mass is 10.0. The molecular weight excluding hydrogens is 370 g/mol. The molecule has 0 radical (unpaired) electrons. The molecule has 3 heterocycles. The Hall–Kier alpha value is -1.67. The fourth-order valence-corrected chi connectivity index (χ4v) is 5.04. The van der Waals surface area contributed by atoms with Crippen LogP contribution in [0.25, 0.3) is 10.2 Å². The number of fused-ring (bicyclic) bond motifs is 1. The second-order valence-electron chi connectivity index (χ2n) is 6.52. The molecule has 0 spiro atoms. The standard InChI is InChI=1S/C18H23N3O3S2/c1-11-6-4-5-7-21(11)14(22)8-24-15(23)9-25-17-16-12(2)13(3)26-18(16)20-10-19-17/h10-11H,4-9H2,1-3H3/t11-/m1/s1. The molecule has 2 aromatic heterocycles. The van der Waals surface area contributed by atoms with E-state index in [1.807, 2.05) is 18.7 Å². The first-order chi connectivity index (χ1) is 12.5. The first-order valence-electron chi connectivity index (χ1n) is 8.76. The maximum atomic E-state index is 12.2. The molecule has 3 rings (SSSR count). The molecule has 1 amide bonds. The number of ether oxygens (including phenoxy) is 1. The normalized spacial score (nSPS) is 17.5. The molecule has 8 heteroatoms. The van der Waals surface area contributed by atoms with E-state index in [0.717, 1.165) is 46.6 Å². The number of aryl methyl sites for hydroxylation is 2. The number of thiophene rings is 1. The van der Waals surface area contributed by atoms with Crippen molar-refractivity contribution >= 4 is 45.2 Å². The highest BCUT2D eigenvalue weighted by Gasteiger charge is 2.24. The van der Waals surface area contributed by atoms with Crippen molar-refractivity contribution in [2.24, 2.45) is 0 Å². The number of rotatable bonds is 5. The van der Waals surface area contributed by atoms with Crippen LogP contribution in [0.3, 0.4) is 0 Å². The summed E-state index contributed by atoms with van der Waals surface area (Å²) in [4.78, 5) is 36.8. The number of likely N-dealkylation sites (tertiary alicyclic amines) is 1. The van der Waals surface area contributed by atoms with Gasteiger partial charge in [0.05, 0.1) is 5.75 Å². The van der Waals surface area contributed by atoms with Gasteiger partial charge in [0.2, 0.25) is 0 Å². The number of carbonyl (C=O) groups excluding carboxylic acids is 2. The molecule has 0 aliphatic carbocycles. The van der Waals surface area contributed by atoms with Crippen LogP contribution < -0.4 is 0 Å². The summed E-state index contributed by atoms with van der Waals surface area (Å²) in [5.41, 5.74) is 1.15. The van der Waals surface area contributed by atoms with Crippen LogP contribution in [0.2, 0.25) is 0 Å². The zero-order valence-corrected chi connectivity index (χ0v) is 16.9. The van der Waals surface area contributed by atoms with E-state index < -0.39 is 5.97 Å². The summed E-state index contributed by atoms with van der Waals surface area (Å²) in [6.45, 7) is 6.71. The van der Waals surface area contributed by atoms with E-state index in [0.29, 0.717) is 0 Å². The number of esters is 1. The van der Waals surface area contributed by atoms with E-state index in [2.05, 4.69) is 16.9 Å². The molecule has 1 aliphatic rings. The Labute approximate surface area is 161 Å². The third-order valence-electron chi connectivity index (χ3n) is 4.74. The number of hydrogen-bond acceptors (Lipinski definition) is 7. The van der Waals surface area contributed by atoms with E-state index >= 15 is 0 Å².